The third kappa shape index (κ3) is 13.5. The van der Waals surface area contributed by atoms with Crippen LogP contribution in [0.1, 0.15) is 44.2 Å². The van der Waals surface area contributed by atoms with Crippen LogP contribution >= 0.6 is 11.6 Å². The van der Waals surface area contributed by atoms with Crippen molar-refractivity contribution in [2.24, 2.45) is 0 Å². The average molecular weight is 1140 g/mol. The number of halogens is 1. The minimum atomic E-state index is -0.330. The monoisotopic (exact) mass is 1140 g/mol. The van der Waals surface area contributed by atoms with Gasteiger partial charge in [-0.1, -0.05) is 6.58 Å². The number of hydrogen-bond acceptors (Lipinski definition) is 16. The van der Waals surface area contributed by atoms with E-state index in [2.05, 4.69) is 81.3 Å². The summed E-state index contributed by atoms with van der Waals surface area (Å²) in [4.78, 5) is 68.2. The van der Waals surface area contributed by atoms with Gasteiger partial charge in [0.1, 0.15) is 22.8 Å². The van der Waals surface area contributed by atoms with Gasteiger partial charge in [0.2, 0.25) is 35.1 Å². The van der Waals surface area contributed by atoms with Gasteiger partial charge in [0.25, 0.3) is 0 Å². The molecule has 2 aliphatic carbocycles. The Bertz CT molecular complexity index is 3780. The van der Waals surface area contributed by atoms with Crippen molar-refractivity contribution >= 4 is 103 Å². The number of likely N-dealkylation sites (N-methyl/N-ethyl adjacent to an activating group) is 4. The van der Waals surface area contributed by atoms with Crippen molar-refractivity contribution < 1.29 is 19.1 Å². The number of carbonyl (C=O) groups is 2. The lowest BCUT2D eigenvalue weighted by Crippen LogP contribution is -2.29. The first-order valence-corrected chi connectivity index (χ1v) is 27.6. The Hall–Kier alpha value is -9.35. The number of benzene rings is 2. The summed E-state index contributed by atoms with van der Waals surface area (Å²) in [7, 11) is 15.1. The van der Waals surface area contributed by atoms with E-state index in [-0.39, 0.29) is 30.1 Å². The topological polar surface area (TPSA) is 210 Å². The third-order valence-electron chi connectivity index (χ3n) is 14.1. The van der Waals surface area contributed by atoms with Gasteiger partial charge >= 0.3 is 0 Å². The van der Waals surface area contributed by atoms with Crippen LogP contribution in [0.3, 0.4) is 0 Å². The summed E-state index contributed by atoms with van der Waals surface area (Å²) in [6, 6.07) is 15.9. The van der Waals surface area contributed by atoms with Crippen LogP contribution in [0.4, 0.5) is 57.4 Å². The van der Waals surface area contributed by atoms with E-state index in [9.17, 15) is 9.59 Å². The molecule has 0 radical (unpaired) electrons. The molecule has 428 valence electrons. The van der Waals surface area contributed by atoms with E-state index in [0.717, 1.165) is 96.4 Å². The lowest BCUT2D eigenvalue weighted by atomic mass is 10.1. The molecule has 10 rings (SSSR count). The van der Waals surface area contributed by atoms with Crippen LogP contribution in [0.5, 0.6) is 11.5 Å². The number of pyridine rings is 2. The predicted molar refractivity (Wildman–Crippen MR) is 330 cm³/mol. The fraction of sp³-hybridized carbons (Fsp3) is 0.333. The van der Waals surface area contributed by atoms with Gasteiger partial charge in [0.15, 0.2) is 0 Å². The number of ether oxygens (including phenoxy) is 2. The third-order valence-corrected chi connectivity index (χ3v) is 14.3. The van der Waals surface area contributed by atoms with Gasteiger partial charge in [0, 0.05) is 136 Å². The highest BCUT2D eigenvalue weighted by molar-refractivity contribution is 6.19. The molecule has 0 aliphatic heterocycles. The Morgan fingerprint density at radius 1 is 0.675 bits per heavy atom. The molecule has 2 saturated carbocycles. The molecular weight excluding hydrogens is 1070 g/mol. The van der Waals surface area contributed by atoms with Gasteiger partial charge in [-0.25, -0.2) is 39.6 Å². The van der Waals surface area contributed by atoms with Crippen LogP contribution in [0.2, 0.25) is 0 Å². The van der Waals surface area contributed by atoms with Crippen LogP contribution in [-0.4, -0.2) is 149 Å². The molecule has 2 aliphatic rings. The number of fused-ring (bicyclic) bond motifs is 2. The van der Waals surface area contributed by atoms with Gasteiger partial charge in [-0.15, -0.1) is 11.6 Å². The number of methoxy groups -OCH3 is 2. The summed E-state index contributed by atoms with van der Waals surface area (Å²) in [5.74, 6) is 1.37. The molecule has 23 heteroatoms. The molecule has 22 nitrogen and oxygen atoms in total. The molecule has 0 saturated heterocycles. The number of alkyl halides is 1. The van der Waals surface area contributed by atoms with Crippen molar-refractivity contribution in [3.05, 3.63) is 121 Å². The molecule has 2 fully saturated rings. The van der Waals surface area contributed by atoms with Crippen LogP contribution < -0.4 is 40.5 Å². The maximum atomic E-state index is 12.6. The maximum Gasteiger partial charge on any atom is 0.247 e. The largest absolute Gasteiger partial charge is 0.494 e. The van der Waals surface area contributed by atoms with Gasteiger partial charge in [-0.05, 0) is 96.3 Å². The second-order valence-corrected chi connectivity index (χ2v) is 21.1. The lowest BCUT2D eigenvalue weighted by Gasteiger charge is -2.26. The lowest BCUT2D eigenvalue weighted by molar-refractivity contribution is -0.116. The molecule has 0 spiro atoms. The molecule has 6 heterocycles. The minimum absolute atomic E-state index is 0.186. The van der Waals surface area contributed by atoms with Crippen LogP contribution in [0.25, 0.3) is 54.3 Å². The van der Waals surface area contributed by atoms with E-state index < -0.39 is 0 Å². The predicted octanol–water partition coefficient (Wildman–Crippen LogP) is 10.9. The van der Waals surface area contributed by atoms with Gasteiger partial charge in [-0.2, -0.15) is 0 Å². The Kier molecular flexibility index (Phi) is 18.3. The summed E-state index contributed by atoms with van der Waals surface area (Å²) >= 11 is 5.83. The molecule has 0 atom stereocenters. The van der Waals surface area contributed by atoms with Crippen molar-refractivity contribution in [1.29, 1.82) is 0 Å². The Morgan fingerprint density at radius 2 is 1.12 bits per heavy atom. The van der Waals surface area contributed by atoms with Crippen molar-refractivity contribution in [2.75, 3.05) is 120 Å². The molecular formula is C60H67ClN18O4. The maximum absolute atomic E-state index is 12.6. The fourth-order valence-corrected chi connectivity index (χ4v) is 9.58. The second-order valence-electron chi connectivity index (χ2n) is 20.7. The highest BCUT2D eigenvalue weighted by atomic mass is 35.5. The number of carbonyl (C=O) groups excluding carboxylic acids is 2. The first-order valence-electron chi connectivity index (χ1n) is 27.1. The van der Waals surface area contributed by atoms with Crippen LogP contribution in [-0.2, 0) is 9.59 Å². The van der Waals surface area contributed by atoms with Crippen LogP contribution in [0, 0.1) is 13.1 Å². The molecule has 0 bridgehead atoms. The SMILES string of the molecule is [C-]#[N+]c1cnc(Nc2cc(NC(=O)C=C)c(N(C)CCN(C)C)cc2OC)nc1-c1cn(C2CC2)c2ncccc12.[C-]#[N+]c1cnc(Nc2cc(NC(=O)CCCl)c(N(C)CCN(C)C)cc2OC)nc1-c1cn(C2CC2)c2ncccc12. The Morgan fingerprint density at radius 3 is 1.51 bits per heavy atom. The van der Waals surface area contributed by atoms with E-state index in [0.29, 0.717) is 75.0 Å². The summed E-state index contributed by atoms with van der Waals surface area (Å²) in [5, 5.41) is 14.3. The highest BCUT2D eigenvalue weighted by Gasteiger charge is 2.30. The first-order chi connectivity index (χ1) is 40.1. The summed E-state index contributed by atoms with van der Waals surface area (Å²) in [6.45, 7) is 22.2. The Labute approximate surface area is 487 Å². The molecule has 0 unspecified atom stereocenters. The van der Waals surface area contributed by atoms with E-state index in [4.69, 9.17) is 44.2 Å². The van der Waals surface area contributed by atoms with E-state index in [1.54, 1.807) is 38.7 Å². The quantitative estimate of drug-likeness (QED) is 0.0267. The smallest absolute Gasteiger partial charge is 0.247 e. The molecule has 8 aromatic rings. The van der Waals surface area contributed by atoms with E-state index >= 15 is 0 Å². The molecule has 6 aromatic heterocycles. The van der Waals surface area contributed by atoms with Crippen molar-refractivity contribution in [3.8, 4) is 34.0 Å². The first kappa shape index (κ1) is 58.3. The Balaban J connectivity index is 0.000000200. The van der Waals surface area contributed by atoms with E-state index in [1.165, 1.54) is 18.5 Å². The van der Waals surface area contributed by atoms with Gasteiger partial charge in [0.05, 0.1) is 72.9 Å². The zero-order chi connectivity index (χ0) is 58.9. The number of amides is 2. The molecule has 2 aromatic carbocycles. The van der Waals surface area contributed by atoms with Gasteiger partial charge in [-0.3, -0.25) is 9.59 Å². The second kappa shape index (κ2) is 26.1. The number of aromatic nitrogens is 8. The highest BCUT2D eigenvalue weighted by Crippen LogP contribution is 2.45. The summed E-state index contributed by atoms with van der Waals surface area (Å²) in [6.07, 6.45) is 16.5. The molecule has 83 heavy (non-hydrogen) atoms. The number of nitrogens with zero attached hydrogens (tertiary/aromatic N) is 14. The zero-order valence-corrected chi connectivity index (χ0v) is 48.6. The van der Waals surface area contributed by atoms with Crippen molar-refractivity contribution in [3.63, 3.8) is 0 Å². The van der Waals surface area contributed by atoms with E-state index in [1.807, 2.05) is 96.0 Å². The number of nitrogens with one attached hydrogen (secondary N) is 4. The standard InChI is InChI=1S/C30H34ClN9O2.C30H33N9O2/c1-32-24-17-34-30(37-28(24)21-18-40(19-8-9-19)29-20(21)7-6-12-33-29)36-23-15-22(35-27(41)10-11-31)25(16-26(23)42-5)39(4)14-13-38(2)3;1-7-27(40)34-22-15-23(26(41-6)16-25(22)38(5)14-13-37(3)4)35-30-33-17-24(31-2)28(36-30)21-18-39(19-10-11-19)29-20(21)9-8-12-32-29/h6-7,12,15-19H,8-11,13-14H2,2-5H3,(H,35,41)(H,34,36,37);7-9,12,15-19H,1,10-11,13-14H2,3-6H3,(H,34,40)(H,33,35,36). The summed E-state index contributed by atoms with van der Waals surface area (Å²) < 4.78 is 15.8. The van der Waals surface area contributed by atoms with Gasteiger partial charge < -0.3 is 59.5 Å². The van der Waals surface area contributed by atoms with Crippen molar-refractivity contribution in [1.82, 2.24) is 48.8 Å². The number of rotatable bonds is 23. The number of hydrogen-bond donors (Lipinski definition) is 4. The molecule has 4 N–H and O–H groups in total. The van der Waals surface area contributed by atoms with Crippen LogP contribution in [0.15, 0.2) is 98.4 Å². The normalized spacial score (nSPS) is 12.7. The number of anilines is 8. The fourth-order valence-electron chi connectivity index (χ4n) is 9.40. The summed E-state index contributed by atoms with van der Waals surface area (Å²) in [5.41, 5.74) is 9.05. The molecule has 2 amide bonds. The minimum Gasteiger partial charge on any atom is -0.494 e. The van der Waals surface area contributed by atoms with Crippen molar-refractivity contribution in [2.45, 2.75) is 44.2 Å². The average Bonchev–Trinajstić information content (AvgIpc) is 4.35. The zero-order valence-electron chi connectivity index (χ0n) is 47.9.